The standard InChI is InChI=1S/C11H14FNO/c1-2-3-8-11(14)13-10-7-5-4-6-9(10)12/h4-7H,2-3,8H2,1H3,(H,13,14). The van der Waals surface area contributed by atoms with Crippen molar-refractivity contribution in [2.24, 2.45) is 0 Å². The van der Waals surface area contributed by atoms with E-state index in [-0.39, 0.29) is 11.6 Å². The molecule has 3 heteroatoms. The van der Waals surface area contributed by atoms with E-state index in [0.717, 1.165) is 12.8 Å². The Bertz CT molecular complexity index is 312. The van der Waals surface area contributed by atoms with Crippen LogP contribution in [0.2, 0.25) is 0 Å². The van der Waals surface area contributed by atoms with Crippen LogP contribution in [0.25, 0.3) is 0 Å². The van der Waals surface area contributed by atoms with Gasteiger partial charge in [-0.1, -0.05) is 25.5 Å². The smallest absolute Gasteiger partial charge is 0.224 e. The zero-order chi connectivity index (χ0) is 10.4. The van der Waals surface area contributed by atoms with Gasteiger partial charge >= 0.3 is 0 Å². The van der Waals surface area contributed by atoms with E-state index >= 15 is 0 Å². The summed E-state index contributed by atoms with van der Waals surface area (Å²) < 4.78 is 13.1. The largest absolute Gasteiger partial charge is 0.324 e. The van der Waals surface area contributed by atoms with Gasteiger partial charge in [0, 0.05) is 6.42 Å². The Morgan fingerprint density at radius 3 is 2.79 bits per heavy atom. The van der Waals surface area contributed by atoms with Gasteiger partial charge in [0.25, 0.3) is 0 Å². The van der Waals surface area contributed by atoms with Crippen LogP contribution in [0.4, 0.5) is 10.1 Å². The lowest BCUT2D eigenvalue weighted by molar-refractivity contribution is -0.116. The SMILES string of the molecule is CCCCC(=O)Nc1ccccc1F. The molecule has 2 nitrogen and oxygen atoms in total. The molecular weight excluding hydrogens is 181 g/mol. The highest BCUT2D eigenvalue weighted by atomic mass is 19.1. The summed E-state index contributed by atoms with van der Waals surface area (Å²) in [6.07, 6.45) is 2.25. The molecule has 0 heterocycles. The predicted molar refractivity (Wildman–Crippen MR) is 54.6 cm³/mol. The van der Waals surface area contributed by atoms with Crippen molar-refractivity contribution >= 4 is 11.6 Å². The monoisotopic (exact) mass is 195 g/mol. The Morgan fingerprint density at radius 2 is 2.14 bits per heavy atom. The quantitative estimate of drug-likeness (QED) is 0.786. The molecule has 0 aliphatic heterocycles. The molecule has 0 radical (unpaired) electrons. The lowest BCUT2D eigenvalue weighted by atomic mass is 10.2. The second-order valence-electron chi connectivity index (χ2n) is 3.13. The number of hydrogen-bond donors (Lipinski definition) is 1. The summed E-state index contributed by atoms with van der Waals surface area (Å²) >= 11 is 0. The summed E-state index contributed by atoms with van der Waals surface area (Å²) in [5, 5.41) is 2.53. The number of halogens is 1. The number of carbonyl (C=O) groups excluding carboxylic acids is 1. The van der Waals surface area contributed by atoms with Crippen LogP contribution in [0, 0.1) is 5.82 Å². The van der Waals surface area contributed by atoms with E-state index in [2.05, 4.69) is 5.32 Å². The molecule has 0 bridgehead atoms. The molecule has 0 aromatic heterocycles. The van der Waals surface area contributed by atoms with Gasteiger partial charge in [-0.3, -0.25) is 4.79 Å². The van der Waals surface area contributed by atoms with Gasteiger partial charge in [-0.2, -0.15) is 0 Å². The molecule has 0 aliphatic carbocycles. The van der Waals surface area contributed by atoms with Crippen LogP contribution in [0.1, 0.15) is 26.2 Å². The summed E-state index contributed by atoms with van der Waals surface area (Å²) in [5.41, 5.74) is 0.258. The normalized spacial score (nSPS) is 9.86. The molecule has 1 aromatic carbocycles. The molecule has 1 rings (SSSR count). The van der Waals surface area contributed by atoms with Crippen molar-refractivity contribution in [2.45, 2.75) is 26.2 Å². The molecule has 0 aliphatic rings. The van der Waals surface area contributed by atoms with E-state index in [0.29, 0.717) is 6.42 Å². The first-order valence-corrected chi connectivity index (χ1v) is 4.78. The molecule has 0 unspecified atom stereocenters. The van der Waals surface area contributed by atoms with Crippen molar-refractivity contribution in [1.29, 1.82) is 0 Å². The van der Waals surface area contributed by atoms with Crippen molar-refractivity contribution in [2.75, 3.05) is 5.32 Å². The van der Waals surface area contributed by atoms with E-state index in [1.807, 2.05) is 6.92 Å². The van der Waals surface area contributed by atoms with Crippen LogP contribution in [0.5, 0.6) is 0 Å². The first-order chi connectivity index (χ1) is 6.74. The number of rotatable bonds is 4. The molecule has 1 N–H and O–H groups in total. The average molecular weight is 195 g/mol. The molecule has 0 saturated carbocycles. The van der Waals surface area contributed by atoms with E-state index in [4.69, 9.17) is 0 Å². The summed E-state index contributed by atoms with van der Waals surface area (Å²) in [4.78, 5) is 11.2. The van der Waals surface area contributed by atoms with Gasteiger partial charge in [-0.05, 0) is 18.6 Å². The predicted octanol–water partition coefficient (Wildman–Crippen LogP) is 2.95. The zero-order valence-corrected chi connectivity index (χ0v) is 8.22. The Hall–Kier alpha value is -1.38. The number of anilines is 1. The fourth-order valence-corrected chi connectivity index (χ4v) is 1.11. The maximum Gasteiger partial charge on any atom is 0.224 e. The van der Waals surface area contributed by atoms with Gasteiger partial charge < -0.3 is 5.32 Å². The van der Waals surface area contributed by atoms with Gasteiger partial charge in [0.05, 0.1) is 5.69 Å². The molecule has 0 fully saturated rings. The Kier molecular flexibility index (Phi) is 4.11. The van der Waals surface area contributed by atoms with Crippen LogP contribution < -0.4 is 5.32 Å². The highest BCUT2D eigenvalue weighted by Gasteiger charge is 2.04. The average Bonchev–Trinajstić information content (AvgIpc) is 2.18. The fourth-order valence-electron chi connectivity index (χ4n) is 1.11. The number of unbranched alkanes of at least 4 members (excludes halogenated alkanes) is 1. The number of para-hydroxylation sites is 1. The van der Waals surface area contributed by atoms with Gasteiger partial charge in [0.1, 0.15) is 5.82 Å². The van der Waals surface area contributed by atoms with Crippen molar-refractivity contribution in [1.82, 2.24) is 0 Å². The summed E-state index contributed by atoms with van der Waals surface area (Å²) in [5.74, 6) is -0.519. The first kappa shape index (κ1) is 10.7. The van der Waals surface area contributed by atoms with Crippen LogP contribution in [-0.2, 0) is 4.79 Å². The van der Waals surface area contributed by atoms with Crippen molar-refractivity contribution in [3.8, 4) is 0 Å². The third-order valence-electron chi connectivity index (χ3n) is 1.91. The van der Waals surface area contributed by atoms with Crippen LogP contribution >= 0.6 is 0 Å². The van der Waals surface area contributed by atoms with E-state index in [9.17, 15) is 9.18 Å². The molecule has 14 heavy (non-hydrogen) atoms. The summed E-state index contributed by atoms with van der Waals surface area (Å²) in [6, 6.07) is 6.17. The van der Waals surface area contributed by atoms with Gasteiger partial charge in [-0.25, -0.2) is 4.39 Å². The number of carbonyl (C=O) groups is 1. The topological polar surface area (TPSA) is 29.1 Å². The Morgan fingerprint density at radius 1 is 1.43 bits per heavy atom. The molecule has 1 aromatic rings. The molecule has 76 valence electrons. The minimum absolute atomic E-state index is 0.128. The zero-order valence-electron chi connectivity index (χ0n) is 8.22. The maximum absolute atomic E-state index is 13.1. The first-order valence-electron chi connectivity index (χ1n) is 4.78. The van der Waals surface area contributed by atoms with Crippen LogP contribution in [0.3, 0.4) is 0 Å². The lowest BCUT2D eigenvalue weighted by Crippen LogP contribution is -2.11. The van der Waals surface area contributed by atoms with Crippen molar-refractivity contribution < 1.29 is 9.18 Å². The minimum atomic E-state index is -0.391. The van der Waals surface area contributed by atoms with Crippen LogP contribution in [-0.4, -0.2) is 5.91 Å². The molecule has 0 spiro atoms. The van der Waals surface area contributed by atoms with E-state index < -0.39 is 5.82 Å². The molecule has 0 atom stereocenters. The third-order valence-corrected chi connectivity index (χ3v) is 1.91. The van der Waals surface area contributed by atoms with Gasteiger partial charge in [0.15, 0.2) is 0 Å². The minimum Gasteiger partial charge on any atom is -0.324 e. The summed E-state index contributed by atoms with van der Waals surface area (Å²) in [7, 11) is 0. The molecular formula is C11H14FNO. The molecule has 1 amide bonds. The van der Waals surface area contributed by atoms with Gasteiger partial charge in [0.2, 0.25) is 5.91 Å². The number of benzene rings is 1. The number of nitrogens with one attached hydrogen (secondary N) is 1. The lowest BCUT2D eigenvalue weighted by Gasteiger charge is -2.04. The third kappa shape index (κ3) is 3.17. The van der Waals surface area contributed by atoms with Crippen molar-refractivity contribution in [3.05, 3.63) is 30.1 Å². The Balaban J connectivity index is 2.52. The maximum atomic E-state index is 13.1. The van der Waals surface area contributed by atoms with Gasteiger partial charge in [-0.15, -0.1) is 0 Å². The van der Waals surface area contributed by atoms with E-state index in [1.165, 1.54) is 6.07 Å². The van der Waals surface area contributed by atoms with E-state index in [1.54, 1.807) is 18.2 Å². The highest BCUT2D eigenvalue weighted by Crippen LogP contribution is 2.12. The number of hydrogen-bond acceptors (Lipinski definition) is 1. The van der Waals surface area contributed by atoms with Crippen LogP contribution in [0.15, 0.2) is 24.3 Å². The Labute approximate surface area is 83.1 Å². The second-order valence-corrected chi connectivity index (χ2v) is 3.13. The summed E-state index contributed by atoms with van der Waals surface area (Å²) in [6.45, 7) is 2.01. The molecule has 0 saturated heterocycles. The second kappa shape index (κ2) is 5.37. The fraction of sp³-hybridized carbons (Fsp3) is 0.364. The highest BCUT2D eigenvalue weighted by molar-refractivity contribution is 5.90. The van der Waals surface area contributed by atoms with Crippen molar-refractivity contribution in [3.63, 3.8) is 0 Å². The number of amides is 1.